The predicted octanol–water partition coefficient (Wildman–Crippen LogP) is 3.24. The molecule has 0 bridgehead atoms. The standard InChI is InChI=1S/C12H26NO4PS.H2/c1-4-12(14)13-10-8-6-7-9-11-17-18(19,15-3)16-5-2;/h4-11H2,1-3H3,(H,13,14);1H. The molecule has 0 fully saturated rings. The lowest BCUT2D eigenvalue weighted by Gasteiger charge is -2.18. The topological polar surface area (TPSA) is 56.8 Å². The number of carbonyl (C=O) groups excluding carboxylic acids is 1. The van der Waals surface area contributed by atoms with Gasteiger partial charge in [-0.25, -0.2) is 0 Å². The smallest absolute Gasteiger partial charge is 0.326 e. The van der Waals surface area contributed by atoms with Gasteiger partial charge in [-0.15, -0.1) is 0 Å². The Kier molecular flexibility index (Phi) is 11.8. The zero-order chi connectivity index (χ0) is 14.6. The largest absolute Gasteiger partial charge is 0.356 e. The van der Waals surface area contributed by atoms with Crippen molar-refractivity contribution in [3.05, 3.63) is 0 Å². The first-order valence-electron chi connectivity index (χ1n) is 6.79. The summed E-state index contributed by atoms with van der Waals surface area (Å²) >= 11 is 5.16. The second-order valence-electron chi connectivity index (χ2n) is 4.00. The normalized spacial score (nSPS) is 14.1. The summed E-state index contributed by atoms with van der Waals surface area (Å²) in [5.74, 6) is 0.112. The van der Waals surface area contributed by atoms with E-state index >= 15 is 0 Å². The Hall–Kier alpha value is -0.000000000000000111. The number of rotatable bonds is 12. The molecule has 116 valence electrons. The third-order valence-corrected chi connectivity index (χ3v) is 5.07. The van der Waals surface area contributed by atoms with Crippen LogP contribution in [0.1, 0.15) is 47.4 Å². The molecule has 0 aliphatic rings. The van der Waals surface area contributed by atoms with E-state index in [0.717, 1.165) is 32.2 Å². The molecule has 0 saturated heterocycles. The fourth-order valence-corrected chi connectivity index (χ4v) is 2.90. The van der Waals surface area contributed by atoms with Gasteiger partial charge in [0.25, 0.3) is 0 Å². The van der Waals surface area contributed by atoms with Crippen molar-refractivity contribution in [2.45, 2.75) is 46.0 Å². The van der Waals surface area contributed by atoms with E-state index in [1.807, 2.05) is 13.8 Å². The molecule has 1 unspecified atom stereocenters. The van der Waals surface area contributed by atoms with Crippen LogP contribution in [0.5, 0.6) is 0 Å². The van der Waals surface area contributed by atoms with Crippen LogP contribution in [0.2, 0.25) is 0 Å². The minimum absolute atomic E-state index is 0. The van der Waals surface area contributed by atoms with Gasteiger partial charge in [0.1, 0.15) is 0 Å². The summed E-state index contributed by atoms with van der Waals surface area (Å²) in [5, 5.41) is 2.85. The van der Waals surface area contributed by atoms with Crippen molar-refractivity contribution in [1.29, 1.82) is 0 Å². The average molecular weight is 313 g/mol. The van der Waals surface area contributed by atoms with E-state index in [9.17, 15) is 4.79 Å². The molecule has 0 aromatic carbocycles. The summed E-state index contributed by atoms with van der Waals surface area (Å²) in [6.07, 6.45) is 4.59. The summed E-state index contributed by atoms with van der Waals surface area (Å²) in [5.41, 5.74) is 0. The third-order valence-electron chi connectivity index (χ3n) is 2.47. The second kappa shape index (κ2) is 11.8. The lowest BCUT2D eigenvalue weighted by molar-refractivity contribution is -0.120. The van der Waals surface area contributed by atoms with Crippen LogP contribution < -0.4 is 5.32 Å². The molecule has 7 heteroatoms. The van der Waals surface area contributed by atoms with Crippen LogP contribution in [0.25, 0.3) is 0 Å². The maximum Gasteiger partial charge on any atom is 0.326 e. The van der Waals surface area contributed by atoms with Crippen molar-refractivity contribution >= 4 is 24.4 Å². The quantitative estimate of drug-likeness (QED) is 0.443. The van der Waals surface area contributed by atoms with E-state index < -0.39 is 6.72 Å². The molecule has 0 heterocycles. The van der Waals surface area contributed by atoms with Gasteiger partial charge < -0.3 is 18.9 Å². The van der Waals surface area contributed by atoms with Crippen LogP contribution in [0, 0.1) is 0 Å². The van der Waals surface area contributed by atoms with Gasteiger partial charge in [0.2, 0.25) is 5.91 Å². The summed E-state index contributed by atoms with van der Waals surface area (Å²) in [6, 6.07) is 0. The number of hydrogen-bond donors (Lipinski definition) is 1. The van der Waals surface area contributed by atoms with E-state index in [-0.39, 0.29) is 7.33 Å². The monoisotopic (exact) mass is 313 g/mol. The number of amides is 1. The first-order valence-corrected chi connectivity index (χ1v) is 9.35. The van der Waals surface area contributed by atoms with Crippen molar-refractivity contribution in [2.75, 3.05) is 26.9 Å². The van der Waals surface area contributed by atoms with Gasteiger partial charge in [-0.3, -0.25) is 4.79 Å². The highest BCUT2D eigenvalue weighted by Crippen LogP contribution is 2.48. The van der Waals surface area contributed by atoms with E-state index in [1.165, 1.54) is 7.11 Å². The zero-order valence-electron chi connectivity index (χ0n) is 12.1. The van der Waals surface area contributed by atoms with Crippen molar-refractivity contribution < 1.29 is 19.8 Å². The molecule has 0 aliphatic heterocycles. The molecule has 0 aromatic heterocycles. The van der Waals surface area contributed by atoms with Crippen molar-refractivity contribution in [3.8, 4) is 0 Å². The zero-order valence-corrected chi connectivity index (χ0v) is 13.9. The van der Waals surface area contributed by atoms with Crippen molar-refractivity contribution in [2.24, 2.45) is 0 Å². The van der Waals surface area contributed by atoms with Crippen LogP contribution in [-0.2, 0) is 30.2 Å². The van der Waals surface area contributed by atoms with Gasteiger partial charge in [-0.2, -0.15) is 0 Å². The lowest BCUT2D eigenvalue weighted by Crippen LogP contribution is -2.23. The molecule has 1 amide bonds. The molecule has 1 N–H and O–H groups in total. The molecule has 0 spiro atoms. The molecule has 1 atom stereocenters. The van der Waals surface area contributed by atoms with Gasteiger partial charge in [-0.05, 0) is 31.6 Å². The van der Waals surface area contributed by atoms with Gasteiger partial charge in [0, 0.05) is 21.5 Å². The SMILES string of the molecule is CCOP(=S)(OC)OCCCCCCNC(=O)CC.[HH]. The van der Waals surface area contributed by atoms with Crippen LogP contribution in [0.3, 0.4) is 0 Å². The molecule has 0 saturated carbocycles. The Morgan fingerprint density at radius 1 is 1.21 bits per heavy atom. The number of carbonyl (C=O) groups is 1. The van der Waals surface area contributed by atoms with Crippen LogP contribution >= 0.6 is 6.72 Å². The Morgan fingerprint density at radius 2 is 1.89 bits per heavy atom. The van der Waals surface area contributed by atoms with Crippen LogP contribution in [0.15, 0.2) is 0 Å². The first kappa shape index (κ1) is 19.0. The van der Waals surface area contributed by atoms with Gasteiger partial charge in [0.15, 0.2) is 0 Å². The number of unbranched alkanes of at least 4 members (excludes halogenated alkanes) is 3. The molecular formula is C12H28NO4PS. The fourth-order valence-electron chi connectivity index (χ4n) is 1.41. The van der Waals surface area contributed by atoms with E-state index in [2.05, 4.69) is 5.32 Å². The molecule has 0 aliphatic carbocycles. The Bertz CT molecular complexity index is 295. The maximum atomic E-state index is 11.0. The average Bonchev–Trinajstić information content (AvgIpc) is 2.41. The minimum Gasteiger partial charge on any atom is -0.356 e. The lowest BCUT2D eigenvalue weighted by atomic mass is 10.2. The molecule has 0 rings (SSSR count). The second-order valence-corrected chi connectivity index (χ2v) is 7.12. The Morgan fingerprint density at radius 3 is 2.47 bits per heavy atom. The van der Waals surface area contributed by atoms with Gasteiger partial charge in [-0.1, -0.05) is 19.8 Å². The van der Waals surface area contributed by atoms with Crippen LogP contribution in [0.4, 0.5) is 0 Å². The molecule has 0 aromatic rings. The van der Waals surface area contributed by atoms with Gasteiger partial charge >= 0.3 is 6.72 Å². The first-order chi connectivity index (χ1) is 9.08. The summed E-state index contributed by atoms with van der Waals surface area (Å²) < 4.78 is 15.9. The molecular weight excluding hydrogens is 285 g/mol. The summed E-state index contributed by atoms with van der Waals surface area (Å²) in [7, 11) is 1.52. The molecule has 0 radical (unpaired) electrons. The van der Waals surface area contributed by atoms with E-state index in [1.54, 1.807) is 0 Å². The highest BCUT2D eigenvalue weighted by molar-refractivity contribution is 8.07. The maximum absolute atomic E-state index is 11.0. The van der Waals surface area contributed by atoms with Crippen molar-refractivity contribution in [1.82, 2.24) is 5.32 Å². The Balaban J connectivity index is 0. The van der Waals surface area contributed by atoms with E-state index in [4.69, 9.17) is 25.4 Å². The predicted molar refractivity (Wildman–Crippen MR) is 82.8 cm³/mol. The molecule has 5 nitrogen and oxygen atoms in total. The van der Waals surface area contributed by atoms with Crippen LogP contribution in [-0.4, -0.2) is 32.8 Å². The summed E-state index contributed by atoms with van der Waals surface area (Å²) in [6.45, 7) is 3.04. The van der Waals surface area contributed by atoms with Gasteiger partial charge in [0.05, 0.1) is 13.2 Å². The summed E-state index contributed by atoms with van der Waals surface area (Å²) in [4.78, 5) is 11.0. The highest BCUT2D eigenvalue weighted by Gasteiger charge is 2.16. The number of hydrogen-bond acceptors (Lipinski definition) is 5. The Labute approximate surface area is 123 Å². The van der Waals surface area contributed by atoms with Crippen molar-refractivity contribution in [3.63, 3.8) is 0 Å². The third kappa shape index (κ3) is 10.4. The molecule has 19 heavy (non-hydrogen) atoms. The number of nitrogens with one attached hydrogen (secondary N) is 1. The highest BCUT2D eigenvalue weighted by atomic mass is 32.5. The fraction of sp³-hybridized carbons (Fsp3) is 0.917. The minimum atomic E-state index is -2.50. The van der Waals surface area contributed by atoms with E-state index in [0.29, 0.717) is 19.6 Å².